The van der Waals surface area contributed by atoms with Gasteiger partial charge in [-0.15, -0.1) is 0 Å². The molecule has 4 nitrogen and oxygen atoms in total. The second kappa shape index (κ2) is 6.98. The zero-order chi connectivity index (χ0) is 21.0. The molecule has 0 atom stereocenters. The van der Waals surface area contributed by atoms with Crippen LogP contribution in [0.15, 0.2) is 36.4 Å². The quantitative estimate of drug-likeness (QED) is 0.428. The van der Waals surface area contributed by atoms with Crippen LogP contribution in [-0.4, -0.2) is 19.9 Å². The van der Waals surface area contributed by atoms with Crippen LogP contribution in [0.3, 0.4) is 0 Å². The van der Waals surface area contributed by atoms with Crippen molar-refractivity contribution in [2.24, 2.45) is 0 Å². The Labute approximate surface area is 177 Å². The topological polar surface area (TPSA) is 57.4 Å². The van der Waals surface area contributed by atoms with Gasteiger partial charge in [0.25, 0.3) is 0 Å². The highest BCUT2D eigenvalue weighted by atomic mass is 14.9. The molecule has 2 N–H and O–H groups in total. The van der Waals surface area contributed by atoms with Gasteiger partial charge in [0.2, 0.25) is 0 Å². The van der Waals surface area contributed by atoms with E-state index in [0.29, 0.717) is 5.92 Å². The molecule has 0 unspecified atom stereocenters. The summed E-state index contributed by atoms with van der Waals surface area (Å²) in [5, 5.41) is 0. The van der Waals surface area contributed by atoms with Crippen LogP contribution in [0, 0.1) is 20.8 Å². The molecule has 0 bridgehead atoms. The molecule has 0 radical (unpaired) electrons. The van der Waals surface area contributed by atoms with Gasteiger partial charge in [-0.3, -0.25) is 0 Å². The predicted octanol–water partition coefficient (Wildman–Crippen LogP) is 6.28. The average molecular weight is 397 g/mol. The number of H-pyrrole nitrogens is 2. The molecule has 152 valence electrons. The van der Waals surface area contributed by atoms with Crippen molar-refractivity contribution in [2.45, 2.75) is 53.4 Å². The van der Waals surface area contributed by atoms with Gasteiger partial charge in [0.15, 0.2) is 0 Å². The minimum Gasteiger partial charge on any atom is -0.346 e. The lowest BCUT2D eigenvalue weighted by Gasteiger charge is -2.17. The van der Waals surface area contributed by atoms with Gasteiger partial charge >= 0.3 is 0 Å². The van der Waals surface area contributed by atoms with Crippen molar-refractivity contribution >= 4 is 0 Å². The maximum Gasteiger partial charge on any atom is 0.109 e. The van der Waals surface area contributed by atoms with Crippen molar-refractivity contribution < 1.29 is 0 Å². The number of nitrogens with zero attached hydrogens (tertiary/aromatic N) is 2. The van der Waals surface area contributed by atoms with Gasteiger partial charge < -0.3 is 9.97 Å². The highest BCUT2D eigenvalue weighted by Crippen LogP contribution is 2.36. The maximum absolute atomic E-state index is 4.90. The third-order valence-electron chi connectivity index (χ3n) is 6.17. The van der Waals surface area contributed by atoms with E-state index in [4.69, 9.17) is 4.98 Å². The fourth-order valence-corrected chi connectivity index (χ4v) is 4.56. The van der Waals surface area contributed by atoms with Crippen molar-refractivity contribution in [1.29, 1.82) is 0 Å². The average Bonchev–Trinajstić information content (AvgIpc) is 3.30. The highest BCUT2D eigenvalue weighted by molar-refractivity contribution is 5.77. The number of imidazole rings is 2. The Morgan fingerprint density at radius 1 is 0.800 bits per heavy atom. The van der Waals surface area contributed by atoms with Crippen molar-refractivity contribution in [3.05, 3.63) is 70.6 Å². The summed E-state index contributed by atoms with van der Waals surface area (Å²) in [5.41, 5.74) is 12.2. The smallest absolute Gasteiger partial charge is 0.109 e. The van der Waals surface area contributed by atoms with Gasteiger partial charge in [0, 0.05) is 28.4 Å². The molecular weight excluding hydrogens is 368 g/mol. The summed E-state index contributed by atoms with van der Waals surface area (Å²) in [7, 11) is 0. The van der Waals surface area contributed by atoms with Gasteiger partial charge in [-0.05, 0) is 55.9 Å². The zero-order valence-electron chi connectivity index (χ0n) is 18.4. The summed E-state index contributed by atoms with van der Waals surface area (Å²) >= 11 is 0. The first-order chi connectivity index (χ1) is 14.4. The standard InChI is InChI=1S/C26H28N4/c1-14(2)26-29-23-11-8-20-13-19(7-10-22(20)25(23)30-26)18-6-9-21(15(3)12-18)24-16(4)27-17(5)28-24/h6-7,9-10,12-14H,8,11H2,1-5H3,(H,27,28)(H,29,30). The normalized spacial score (nSPS) is 12.9. The predicted molar refractivity (Wildman–Crippen MR) is 123 cm³/mol. The first-order valence-corrected chi connectivity index (χ1v) is 10.8. The Kier molecular flexibility index (Phi) is 4.39. The number of aryl methyl sites for hydroxylation is 5. The van der Waals surface area contributed by atoms with Gasteiger partial charge in [-0.2, -0.15) is 0 Å². The van der Waals surface area contributed by atoms with E-state index in [1.165, 1.54) is 39.1 Å². The molecule has 2 aromatic carbocycles. The highest BCUT2D eigenvalue weighted by Gasteiger charge is 2.22. The van der Waals surface area contributed by atoms with E-state index in [1.807, 2.05) is 6.92 Å². The number of hydrogen-bond acceptors (Lipinski definition) is 2. The lowest BCUT2D eigenvalue weighted by Crippen LogP contribution is -2.03. The minimum atomic E-state index is 0.418. The monoisotopic (exact) mass is 396 g/mol. The maximum atomic E-state index is 4.90. The van der Waals surface area contributed by atoms with E-state index >= 15 is 0 Å². The minimum absolute atomic E-state index is 0.418. The fraction of sp³-hybridized carbons (Fsp3) is 0.308. The molecule has 1 aliphatic carbocycles. The molecule has 0 saturated carbocycles. The summed E-state index contributed by atoms with van der Waals surface area (Å²) in [4.78, 5) is 16.4. The van der Waals surface area contributed by atoms with Crippen LogP contribution >= 0.6 is 0 Å². The third-order valence-corrected chi connectivity index (χ3v) is 6.17. The largest absolute Gasteiger partial charge is 0.346 e. The molecule has 5 rings (SSSR count). The van der Waals surface area contributed by atoms with Crippen LogP contribution in [0.25, 0.3) is 33.6 Å². The Morgan fingerprint density at radius 3 is 2.20 bits per heavy atom. The zero-order valence-corrected chi connectivity index (χ0v) is 18.4. The molecule has 0 spiro atoms. The molecule has 0 fully saturated rings. The van der Waals surface area contributed by atoms with Gasteiger partial charge in [-0.25, -0.2) is 9.97 Å². The number of aromatic amines is 2. The summed E-state index contributed by atoms with van der Waals surface area (Å²) < 4.78 is 0. The Morgan fingerprint density at radius 2 is 1.53 bits per heavy atom. The van der Waals surface area contributed by atoms with Crippen LogP contribution in [-0.2, 0) is 12.8 Å². The summed E-state index contributed by atoms with van der Waals surface area (Å²) in [6.07, 6.45) is 2.08. The number of hydrogen-bond donors (Lipinski definition) is 2. The van der Waals surface area contributed by atoms with E-state index in [9.17, 15) is 0 Å². The molecular formula is C26H28N4. The van der Waals surface area contributed by atoms with E-state index < -0.39 is 0 Å². The van der Waals surface area contributed by atoms with E-state index in [2.05, 4.69) is 79.0 Å². The van der Waals surface area contributed by atoms with Crippen molar-refractivity contribution in [3.8, 4) is 33.6 Å². The van der Waals surface area contributed by atoms with Crippen molar-refractivity contribution in [1.82, 2.24) is 19.9 Å². The van der Waals surface area contributed by atoms with E-state index in [0.717, 1.165) is 41.6 Å². The van der Waals surface area contributed by atoms with Crippen LogP contribution in [0.1, 0.15) is 53.9 Å². The van der Waals surface area contributed by atoms with Gasteiger partial charge in [0.05, 0.1) is 11.4 Å². The molecule has 30 heavy (non-hydrogen) atoms. The first kappa shape index (κ1) is 18.9. The molecule has 1 aliphatic rings. The van der Waals surface area contributed by atoms with Gasteiger partial charge in [0.1, 0.15) is 11.6 Å². The second-order valence-electron chi connectivity index (χ2n) is 8.80. The SMILES string of the molecule is Cc1nc(-c2ccc(-c3ccc4c(c3)CCc3[nH]c(C(C)C)nc3-4)cc2C)c(C)[nH]1. The number of nitrogens with one attached hydrogen (secondary N) is 2. The summed E-state index contributed by atoms with van der Waals surface area (Å²) in [6, 6.07) is 13.5. The van der Waals surface area contributed by atoms with Gasteiger partial charge in [-0.1, -0.05) is 50.2 Å². The first-order valence-electron chi connectivity index (χ1n) is 10.8. The van der Waals surface area contributed by atoms with Crippen molar-refractivity contribution in [3.63, 3.8) is 0 Å². The number of benzene rings is 2. The van der Waals surface area contributed by atoms with Crippen LogP contribution < -0.4 is 0 Å². The Balaban J connectivity index is 1.52. The molecule has 4 heteroatoms. The number of fused-ring (bicyclic) bond motifs is 3. The van der Waals surface area contributed by atoms with E-state index in [-0.39, 0.29) is 0 Å². The molecule has 2 heterocycles. The fourth-order valence-electron chi connectivity index (χ4n) is 4.56. The van der Waals surface area contributed by atoms with Crippen LogP contribution in [0.4, 0.5) is 0 Å². The molecule has 0 aliphatic heterocycles. The summed E-state index contributed by atoms with van der Waals surface area (Å²) in [6.45, 7) is 10.6. The second-order valence-corrected chi connectivity index (χ2v) is 8.80. The molecule has 0 amide bonds. The number of aromatic nitrogens is 4. The molecule has 2 aromatic heterocycles. The molecule has 4 aromatic rings. The third kappa shape index (κ3) is 3.07. The van der Waals surface area contributed by atoms with E-state index in [1.54, 1.807) is 0 Å². The van der Waals surface area contributed by atoms with Crippen LogP contribution in [0.5, 0.6) is 0 Å². The van der Waals surface area contributed by atoms with Crippen molar-refractivity contribution in [2.75, 3.05) is 0 Å². The van der Waals surface area contributed by atoms with Crippen LogP contribution in [0.2, 0.25) is 0 Å². The Bertz CT molecular complexity index is 1260. The lowest BCUT2D eigenvalue weighted by molar-refractivity contribution is 0.787. The molecule has 0 saturated heterocycles. The Hall–Kier alpha value is -3.14. The number of rotatable bonds is 3. The lowest BCUT2D eigenvalue weighted by atomic mass is 9.89. The summed E-state index contributed by atoms with van der Waals surface area (Å²) in [5.74, 6) is 2.47.